The van der Waals surface area contributed by atoms with Gasteiger partial charge in [0, 0.05) is 6.61 Å². The number of ether oxygens (including phenoxy) is 1. The summed E-state index contributed by atoms with van der Waals surface area (Å²) in [4.78, 5) is 0. The van der Waals surface area contributed by atoms with Gasteiger partial charge in [0.2, 0.25) is 0 Å². The Hall–Kier alpha value is -0.320. The van der Waals surface area contributed by atoms with Crippen molar-refractivity contribution in [3.63, 3.8) is 0 Å². The molecule has 1 atom stereocenters. The van der Waals surface area contributed by atoms with Gasteiger partial charge in [0.1, 0.15) is 5.60 Å². The summed E-state index contributed by atoms with van der Waals surface area (Å²) >= 11 is 3.28. The molecule has 1 aromatic rings. The van der Waals surface area contributed by atoms with Gasteiger partial charge in [-0.3, -0.25) is 0 Å². The number of rotatable bonds is 4. The summed E-state index contributed by atoms with van der Waals surface area (Å²) in [5, 5.41) is 9.94. The average Bonchev–Trinajstić information content (AvgIpc) is 2.48. The van der Waals surface area contributed by atoms with Gasteiger partial charge in [0.05, 0.1) is 17.3 Å². The molecule has 1 unspecified atom stereocenters. The van der Waals surface area contributed by atoms with E-state index >= 15 is 0 Å². The van der Waals surface area contributed by atoms with Crippen LogP contribution < -0.4 is 0 Å². The maximum Gasteiger partial charge on any atom is 0.151 e. The molecule has 0 aliphatic carbocycles. The zero-order valence-corrected chi connectivity index (χ0v) is 9.30. The van der Waals surface area contributed by atoms with Crippen molar-refractivity contribution in [3.8, 4) is 0 Å². The average molecular weight is 249 g/mol. The molecule has 0 aliphatic rings. The first-order valence-corrected chi connectivity index (χ1v) is 4.91. The molecule has 0 amide bonds. The van der Waals surface area contributed by atoms with Crippen molar-refractivity contribution in [3.05, 3.63) is 22.6 Å². The van der Waals surface area contributed by atoms with Crippen molar-refractivity contribution < 1.29 is 14.3 Å². The van der Waals surface area contributed by atoms with Crippen molar-refractivity contribution in [1.82, 2.24) is 0 Å². The molecule has 0 saturated carbocycles. The lowest BCUT2D eigenvalue weighted by Gasteiger charge is -2.20. The molecule has 0 bridgehead atoms. The molecule has 0 fully saturated rings. The molecule has 0 aromatic carbocycles. The summed E-state index contributed by atoms with van der Waals surface area (Å²) in [6.45, 7) is 4.35. The van der Waals surface area contributed by atoms with E-state index in [9.17, 15) is 5.11 Å². The summed E-state index contributed by atoms with van der Waals surface area (Å²) in [5.74, 6) is 0.501. The fourth-order valence-corrected chi connectivity index (χ4v) is 1.67. The van der Waals surface area contributed by atoms with Gasteiger partial charge < -0.3 is 14.3 Å². The molecule has 1 aromatic heterocycles. The Morgan fingerprint density at radius 3 is 2.85 bits per heavy atom. The van der Waals surface area contributed by atoms with Crippen LogP contribution in [0.5, 0.6) is 0 Å². The maximum atomic E-state index is 9.94. The molecule has 1 rings (SSSR count). The highest BCUT2D eigenvalue weighted by Crippen LogP contribution is 2.29. The molecule has 3 nitrogen and oxygen atoms in total. The molecular weight excluding hydrogens is 236 g/mol. The second-order valence-corrected chi connectivity index (χ2v) is 3.86. The molecule has 1 N–H and O–H groups in total. The topological polar surface area (TPSA) is 42.6 Å². The van der Waals surface area contributed by atoms with Crippen molar-refractivity contribution in [2.45, 2.75) is 19.4 Å². The summed E-state index contributed by atoms with van der Waals surface area (Å²) in [6, 6.07) is 1.75. The first kappa shape index (κ1) is 10.8. The van der Waals surface area contributed by atoms with E-state index in [1.165, 1.54) is 6.26 Å². The second-order valence-electron chi connectivity index (χ2n) is 3.01. The Balaban J connectivity index is 2.74. The van der Waals surface area contributed by atoms with Crippen LogP contribution in [0.15, 0.2) is 21.2 Å². The molecule has 4 heteroatoms. The van der Waals surface area contributed by atoms with E-state index in [1.807, 2.05) is 6.92 Å². The lowest BCUT2D eigenvalue weighted by molar-refractivity contribution is -0.0485. The smallest absolute Gasteiger partial charge is 0.151 e. The van der Waals surface area contributed by atoms with Crippen LogP contribution in [0.2, 0.25) is 0 Å². The van der Waals surface area contributed by atoms with Gasteiger partial charge in [0.15, 0.2) is 5.76 Å². The monoisotopic (exact) mass is 248 g/mol. The Bertz CT molecular complexity index is 268. The molecule has 0 aliphatic heterocycles. The van der Waals surface area contributed by atoms with Crippen molar-refractivity contribution in [1.29, 1.82) is 0 Å². The minimum atomic E-state index is -1.07. The predicted molar refractivity (Wildman–Crippen MR) is 52.5 cm³/mol. The molecule has 1 heterocycles. The second kappa shape index (κ2) is 4.26. The lowest BCUT2D eigenvalue weighted by Crippen LogP contribution is -2.27. The summed E-state index contributed by atoms with van der Waals surface area (Å²) in [6.07, 6.45) is 1.53. The number of hydrogen-bond donors (Lipinski definition) is 1. The molecule has 74 valence electrons. The minimum Gasteiger partial charge on any atom is -0.465 e. The Labute approximate surface area is 85.8 Å². The molecule has 0 radical (unpaired) electrons. The molecule has 0 saturated heterocycles. The Morgan fingerprint density at radius 2 is 2.38 bits per heavy atom. The van der Waals surface area contributed by atoms with Crippen LogP contribution in [0.25, 0.3) is 0 Å². The van der Waals surface area contributed by atoms with Crippen molar-refractivity contribution in [2.75, 3.05) is 13.2 Å². The van der Waals surface area contributed by atoms with E-state index in [4.69, 9.17) is 9.15 Å². The lowest BCUT2D eigenvalue weighted by atomic mass is 10.1. The first-order valence-electron chi connectivity index (χ1n) is 4.11. The third kappa shape index (κ3) is 2.56. The zero-order valence-electron chi connectivity index (χ0n) is 7.71. The number of hydrogen-bond acceptors (Lipinski definition) is 3. The van der Waals surface area contributed by atoms with E-state index in [1.54, 1.807) is 13.0 Å². The van der Waals surface area contributed by atoms with Crippen molar-refractivity contribution in [2.24, 2.45) is 0 Å². The highest BCUT2D eigenvalue weighted by molar-refractivity contribution is 9.10. The third-order valence-electron chi connectivity index (χ3n) is 1.69. The van der Waals surface area contributed by atoms with Crippen LogP contribution in [-0.2, 0) is 10.3 Å². The van der Waals surface area contributed by atoms with Gasteiger partial charge in [-0.2, -0.15) is 0 Å². The standard InChI is InChI=1S/C9H13BrO3/c1-3-12-6-9(2,11)8-7(10)4-5-13-8/h4-5,11H,3,6H2,1-2H3. The molecule has 0 spiro atoms. The van der Waals surface area contributed by atoms with E-state index in [0.717, 1.165) is 4.47 Å². The predicted octanol–water partition coefficient (Wildman–Crippen LogP) is 2.29. The van der Waals surface area contributed by atoms with E-state index in [0.29, 0.717) is 12.4 Å². The number of furan rings is 1. The van der Waals surface area contributed by atoms with E-state index in [2.05, 4.69) is 15.9 Å². The minimum absolute atomic E-state index is 0.232. The van der Waals surface area contributed by atoms with Gasteiger partial charge in [-0.15, -0.1) is 0 Å². The van der Waals surface area contributed by atoms with Gasteiger partial charge in [0.25, 0.3) is 0 Å². The van der Waals surface area contributed by atoms with E-state index in [-0.39, 0.29) is 6.61 Å². The summed E-state index contributed by atoms with van der Waals surface area (Å²) in [7, 11) is 0. The third-order valence-corrected chi connectivity index (χ3v) is 2.32. The Morgan fingerprint density at radius 1 is 1.69 bits per heavy atom. The van der Waals surface area contributed by atoms with Gasteiger partial charge in [-0.25, -0.2) is 0 Å². The first-order chi connectivity index (χ1) is 6.08. The summed E-state index contributed by atoms with van der Waals surface area (Å²) in [5.41, 5.74) is -1.07. The van der Waals surface area contributed by atoms with Gasteiger partial charge in [-0.05, 0) is 35.8 Å². The van der Waals surface area contributed by atoms with Crippen LogP contribution in [0.1, 0.15) is 19.6 Å². The molecular formula is C9H13BrO3. The number of halogens is 1. The largest absolute Gasteiger partial charge is 0.465 e. The van der Waals surface area contributed by atoms with Crippen LogP contribution in [0, 0.1) is 0 Å². The SMILES string of the molecule is CCOCC(C)(O)c1occc1Br. The van der Waals surface area contributed by atoms with Gasteiger partial charge >= 0.3 is 0 Å². The van der Waals surface area contributed by atoms with Crippen LogP contribution in [0.4, 0.5) is 0 Å². The quantitative estimate of drug-likeness (QED) is 0.890. The fraction of sp³-hybridized carbons (Fsp3) is 0.556. The van der Waals surface area contributed by atoms with Crippen LogP contribution in [0.3, 0.4) is 0 Å². The van der Waals surface area contributed by atoms with Crippen LogP contribution in [-0.4, -0.2) is 18.3 Å². The highest BCUT2D eigenvalue weighted by Gasteiger charge is 2.29. The van der Waals surface area contributed by atoms with E-state index < -0.39 is 5.60 Å². The number of aliphatic hydroxyl groups is 1. The molecule has 13 heavy (non-hydrogen) atoms. The van der Waals surface area contributed by atoms with Gasteiger partial charge in [-0.1, -0.05) is 0 Å². The Kier molecular flexibility index (Phi) is 3.53. The highest BCUT2D eigenvalue weighted by atomic mass is 79.9. The summed E-state index contributed by atoms with van der Waals surface area (Å²) < 4.78 is 11.1. The normalized spacial score (nSPS) is 15.7. The maximum absolute atomic E-state index is 9.94. The zero-order chi connectivity index (χ0) is 9.90. The fourth-order valence-electron chi connectivity index (χ4n) is 1.04. The van der Waals surface area contributed by atoms with Crippen molar-refractivity contribution >= 4 is 15.9 Å². The van der Waals surface area contributed by atoms with Crippen LogP contribution >= 0.6 is 15.9 Å².